The summed E-state index contributed by atoms with van der Waals surface area (Å²) in [5.74, 6) is 0.562. The van der Waals surface area contributed by atoms with Gasteiger partial charge in [0.05, 0.1) is 10.2 Å². The molecule has 27 heavy (non-hydrogen) atoms. The predicted octanol–water partition coefficient (Wildman–Crippen LogP) is 5.85. The first-order valence-electron chi connectivity index (χ1n) is 8.09. The molecule has 0 saturated heterocycles. The molecule has 0 radical (unpaired) electrons. The number of nitrogens with one attached hydrogen (secondary N) is 1. The van der Waals surface area contributed by atoms with Crippen LogP contribution in [-0.2, 0) is 0 Å². The lowest BCUT2D eigenvalue weighted by molar-refractivity contribution is 0.112. The van der Waals surface area contributed by atoms with Crippen LogP contribution in [0, 0.1) is 0 Å². The van der Waals surface area contributed by atoms with Crippen LogP contribution in [0.4, 0.5) is 20.3 Å². The predicted molar refractivity (Wildman–Crippen MR) is 103 cm³/mol. The highest BCUT2D eigenvalue weighted by Crippen LogP contribution is 2.36. The third kappa shape index (κ3) is 3.54. The summed E-state index contributed by atoms with van der Waals surface area (Å²) in [6.07, 6.45) is -0.288. The van der Waals surface area contributed by atoms with Gasteiger partial charge >= 0.3 is 0 Å². The van der Waals surface area contributed by atoms with E-state index in [9.17, 15) is 13.6 Å². The van der Waals surface area contributed by atoms with Crippen LogP contribution in [0.25, 0.3) is 20.7 Å². The van der Waals surface area contributed by atoms with Crippen LogP contribution in [0.3, 0.4) is 0 Å². The molecule has 134 valence electrons. The highest BCUT2D eigenvalue weighted by Gasteiger charge is 2.12. The maximum Gasteiger partial charge on any atom is 0.263 e. The highest BCUT2D eigenvalue weighted by atomic mass is 32.1. The number of alkyl halides is 2. The molecule has 2 heterocycles. The van der Waals surface area contributed by atoms with Crippen LogP contribution >= 0.6 is 11.3 Å². The number of carbonyl (C=O) groups is 1. The molecule has 4 nitrogen and oxygen atoms in total. The average Bonchev–Trinajstić information content (AvgIpc) is 3.14. The van der Waals surface area contributed by atoms with Gasteiger partial charge in [-0.3, -0.25) is 4.79 Å². The zero-order valence-electron chi connectivity index (χ0n) is 13.9. The number of halogens is 2. The zero-order chi connectivity index (χ0) is 18.8. The maximum atomic E-state index is 12.9. The molecule has 0 aliphatic carbocycles. The van der Waals surface area contributed by atoms with Crippen molar-refractivity contribution in [2.75, 3.05) is 5.32 Å². The molecule has 7 heteroatoms. The Balaban J connectivity index is 1.70. The van der Waals surface area contributed by atoms with Crippen molar-refractivity contribution in [2.24, 2.45) is 0 Å². The molecule has 0 unspecified atom stereocenters. The molecule has 0 bridgehead atoms. The van der Waals surface area contributed by atoms with Crippen LogP contribution in [0.15, 0.2) is 60.9 Å². The van der Waals surface area contributed by atoms with E-state index in [4.69, 9.17) is 0 Å². The van der Waals surface area contributed by atoms with Crippen molar-refractivity contribution >= 4 is 39.3 Å². The number of thiophene rings is 1. The van der Waals surface area contributed by atoms with Crippen molar-refractivity contribution in [3.05, 3.63) is 72.1 Å². The zero-order valence-corrected chi connectivity index (χ0v) is 14.7. The Morgan fingerprint density at radius 1 is 1.04 bits per heavy atom. The maximum absolute atomic E-state index is 12.9. The molecule has 0 aliphatic rings. The van der Waals surface area contributed by atoms with E-state index in [-0.39, 0.29) is 5.56 Å². The lowest BCUT2D eigenvalue weighted by atomic mass is 10.1. The van der Waals surface area contributed by atoms with E-state index in [1.54, 1.807) is 24.3 Å². The van der Waals surface area contributed by atoms with Crippen LogP contribution in [0.2, 0.25) is 0 Å². The molecule has 4 rings (SSSR count). The molecule has 4 aromatic rings. The van der Waals surface area contributed by atoms with Crippen LogP contribution in [0.5, 0.6) is 0 Å². The minimum absolute atomic E-state index is 0.0487. The summed E-state index contributed by atoms with van der Waals surface area (Å²) in [5, 5.41) is 3.10. The fourth-order valence-corrected chi connectivity index (χ4v) is 3.76. The topological polar surface area (TPSA) is 54.9 Å². The van der Waals surface area contributed by atoms with E-state index in [2.05, 4.69) is 15.3 Å². The van der Waals surface area contributed by atoms with Gasteiger partial charge in [0.1, 0.15) is 12.6 Å². The Hall–Kier alpha value is -3.19. The van der Waals surface area contributed by atoms with Crippen LogP contribution in [-0.4, -0.2) is 16.3 Å². The molecule has 0 fully saturated rings. The van der Waals surface area contributed by atoms with Gasteiger partial charge in [0.25, 0.3) is 6.43 Å². The Morgan fingerprint density at radius 3 is 2.59 bits per heavy atom. The van der Waals surface area contributed by atoms with Gasteiger partial charge in [-0.1, -0.05) is 36.4 Å². The minimum atomic E-state index is -2.53. The van der Waals surface area contributed by atoms with Gasteiger partial charge in [-0.05, 0) is 23.8 Å². The molecule has 0 amide bonds. The van der Waals surface area contributed by atoms with Crippen molar-refractivity contribution in [1.82, 2.24) is 9.97 Å². The molecule has 2 aromatic carbocycles. The lowest BCUT2D eigenvalue weighted by Gasteiger charge is -2.08. The number of hydrogen-bond acceptors (Lipinski definition) is 5. The largest absolute Gasteiger partial charge is 0.339 e. The quantitative estimate of drug-likeness (QED) is 0.441. The Kier molecular flexibility index (Phi) is 4.60. The molecule has 0 atom stereocenters. The van der Waals surface area contributed by atoms with E-state index in [0.717, 1.165) is 26.9 Å². The first-order chi connectivity index (χ1) is 13.1. The van der Waals surface area contributed by atoms with E-state index in [1.165, 1.54) is 29.8 Å². The van der Waals surface area contributed by atoms with Gasteiger partial charge in [0.2, 0.25) is 0 Å². The van der Waals surface area contributed by atoms with Gasteiger partial charge in [-0.15, -0.1) is 11.3 Å². The van der Waals surface area contributed by atoms with Crippen molar-refractivity contribution < 1.29 is 13.6 Å². The molecule has 0 saturated carbocycles. The number of aromatic nitrogens is 2. The summed E-state index contributed by atoms with van der Waals surface area (Å²) >= 11 is 1.50. The number of nitrogens with zero attached hydrogens (tertiary/aromatic N) is 2. The van der Waals surface area contributed by atoms with E-state index in [1.807, 2.05) is 18.2 Å². The van der Waals surface area contributed by atoms with Gasteiger partial charge in [0.15, 0.2) is 5.82 Å². The SMILES string of the molecule is O=Cc1ccc(-c2cc3ncnc(Nc4cccc(C(F)F)c4)c3s2)cc1. The number of fused-ring (bicyclic) bond motifs is 1. The summed E-state index contributed by atoms with van der Waals surface area (Å²) in [5.41, 5.74) is 2.83. The molecule has 2 aromatic heterocycles. The van der Waals surface area contributed by atoms with E-state index >= 15 is 0 Å². The number of benzene rings is 2. The molecule has 0 spiro atoms. The average molecular weight is 381 g/mol. The number of aldehydes is 1. The highest BCUT2D eigenvalue weighted by molar-refractivity contribution is 7.22. The van der Waals surface area contributed by atoms with Crippen LogP contribution < -0.4 is 5.32 Å². The number of anilines is 2. The first kappa shape index (κ1) is 17.2. The summed E-state index contributed by atoms with van der Waals surface area (Å²) in [6.45, 7) is 0. The minimum Gasteiger partial charge on any atom is -0.339 e. The second-order valence-corrected chi connectivity index (χ2v) is 6.89. The van der Waals surface area contributed by atoms with E-state index < -0.39 is 6.43 Å². The fraction of sp³-hybridized carbons (Fsp3) is 0.0500. The van der Waals surface area contributed by atoms with Gasteiger partial charge < -0.3 is 5.32 Å². The Labute approximate surface area is 157 Å². The third-order valence-electron chi connectivity index (χ3n) is 4.04. The number of hydrogen-bond donors (Lipinski definition) is 1. The van der Waals surface area contributed by atoms with Crippen molar-refractivity contribution in [2.45, 2.75) is 6.43 Å². The van der Waals surface area contributed by atoms with Crippen molar-refractivity contribution in [1.29, 1.82) is 0 Å². The molecule has 0 aliphatic heterocycles. The van der Waals surface area contributed by atoms with Gasteiger partial charge in [-0.25, -0.2) is 18.7 Å². The molecular formula is C20H13F2N3OS. The number of carbonyl (C=O) groups excluding carboxylic acids is 1. The summed E-state index contributed by atoms with van der Waals surface area (Å²) in [7, 11) is 0. The smallest absolute Gasteiger partial charge is 0.263 e. The van der Waals surface area contributed by atoms with Crippen molar-refractivity contribution in [3.63, 3.8) is 0 Å². The summed E-state index contributed by atoms with van der Waals surface area (Å²) < 4.78 is 26.6. The van der Waals surface area contributed by atoms with Gasteiger partial charge in [0, 0.05) is 21.7 Å². The van der Waals surface area contributed by atoms with Crippen molar-refractivity contribution in [3.8, 4) is 10.4 Å². The third-order valence-corrected chi connectivity index (χ3v) is 5.22. The second-order valence-electron chi connectivity index (χ2n) is 5.84. The first-order valence-corrected chi connectivity index (χ1v) is 8.91. The normalized spacial score (nSPS) is 11.1. The Bertz CT molecular complexity index is 1110. The lowest BCUT2D eigenvalue weighted by Crippen LogP contribution is -1.95. The summed E-state index contributed by atoms with van der Waals surface area (Å²) in [4.78, 5) is 20.3. The molecular weight excluding hydrogens is 368 g/mol. The Morgan fingerprint density at radius 2 is 1.85 bits per heavy atom. The standard InChI is InChI=1S/C20H13F2N3OS/c21-19(22)14-2-1-3-15(8-14)25-20-18-16(23-11-24-20)9-17(27-18)13-6-4-12(10-26)5-7-13/h1-11,19H,(H,23,24,25). The monoisotopic (exact) mass is 381 g/mol. The van der Waals surface area contributed by atoms with Gasteiger partial charge in [-0.2, -0.15) is 0 Å². The van der Waals surface area contributed by atoms with Crippen LogP contribution in [0.1, 0.15) is 22.3 Å². The fourth-order valence-electron chi connectivity index (χ4n) is 2.70. The van der Waals surface area contributed by atoms with E-state index in [0.29, 0.717) is 17.1 Å². The molecule has 1 N–H and O–H groups in total. The summed E-state index contributed by atoms with van der Waals surface area (Å²) in [6, 6.07) is 15.3. The number of rotatable bonds is 5. The second kappa shape index (κ2) is 7.20.